The van der Waals surface area contributed by atoms with E-state index < -0.39 is 5.41 Å². The Bertz CT molecular complexity index is 1690. The fourth-order valence-electron chi connectivity index (χ4n) is 6.43. The highest BCUT2D eigenvalue weighted by atomic mass is 16.2. The van der Waals surface area contributed by atoms with E-state index in [4.69, 9.17) is 0 Å². The third-order valence-corrected chi connectivity index (χ3v) is 8.73. The highest BCUT2D eigenvalue weighted by molar-refractivity contribution is 6.07. The van der Waals surface area contributed by atoms with E-state index in [-0.39, 0.29) is 5.91 Å². The van der Waals surface area contributed by atoms with Gasteiger partial charge in [0, 0.05) is 41.6 Å². The highest BCUT2D eigenvalue weighted by Gasteiger charge is 2.48. The molecule has 4 heterocycles. The Morgan fingerprint density at radius 2 is 1.74 bits per heavy atom. The van der Waals surface area contributed by atoms with Gasteiger partial charge in [0.15, 0.2) is 0 Å². The van der Waals surface area contributed by atoms with Gasteiger partial charge < -0.3 is 14.8 Å². The molecule has 38 heavy (non-hydrogen) atoms. The van der Waals surface area contributed by atoms with Crippen LogP contribution >= 0.6 is 0 Å². The summed E-state index contributed by atoms with van der Waals surface area (Å²) in [6.07, 6.45) is 5.75. The summed E-state index contributed by atoms with van der Waals surface area (Å²) in [7, 11) is 0. The minimum absolute atomic E-state index is 0.169. The molecule has 2 aliphatic rings. The zero-order valence-corrected chi connectivity index (χ0v) is 21.9. The number of likely N-dealkylation sites (tertiary alicyclic amines) is 1. The van der Waals surface area contributed by atoms with Gasteiger partial charge in [-0.2, -0.15) is 0 Å². The van der Waals surface area contributed by atoms with Gasteiger partial charge in [0.1, 0.15) is 0 Å². The van der Waals surface area contributed by atoms with Crippen molar-refractivity contribution in [3.63, 3.8) is 0 Å². The first-order chi connectivity index (χ1) is 18.5. The van der Waals surface area contributed by atoms with Crippen molar-refractivity contribution in [2.24, 2.45) is 0 Å². The number of piperidine rings is 1. The number of pyridine rings is 1. The third kappa shape index (κ3) is 3.72. The Balaban J connectivity index is 1.22. The lowest BCUT2D eigenvalue weighted by atomic mass is 9.73. The number of hydrogen-bond acceptors (Lipinski definition) is 3. The summed E-state index contributed by atoms with van der Waals surface area (Å²) in [5, 5.41) is 5.58. The van der Waals surface area contributed by atoms with Crippen LogP contribution in [-0.4, -0.2) is 39.5 Å². The number of aromatic nitrogens is 2. The number of nitrogens with one attached hydrogen (secondary N) is 1. The van der Waals surface area contributed by atoms with Crippen LogP contribution < -0.4 is 5.32 Å². The van der Waals surface area contributed by atoms with E-state index in [1.165, 1.54) is 27.6 Å². The van der Waals surface area contributed by atoms with Crippen molar-refractivity contribution in [2.45, 2.75) is 44.7 Å². The van der Waals surface area contributed by atoms with Crippen molar-refractivity contribution in [2.75, 3.05) is 18.4 Å². The van der Waals surface area contributed by atoms with Gasteiger partial charge in [0.2, 0.25) is 5.91 Å². The predicted molar refractivity (Wildman–Crippen MR) is 154 cm³/mol. The second kappa shape index (κ2) is 8.81. The van der Waals surface area contributed by atoms with Gasteiger partial charge in [0.25, 0.3) is 0 Å². The molecule has 5 aromatic rings. The molecule has 1 amide bonds. The fourth-order valence-corrected chi connectivity index (χ4v) is 6.43. The smallest absolute Gasteiger partial charge is 0.235 e. The molecule has 0 atom stereocenters. The lowest BCUT2D eigenvalue weighted by Crippen LogP contribution is -2.48. The molecule has 0 saturated carbocycles. The van der Waals surface area contributed by atoms with E-state index in [0.717, 1.165) is 54.6 Å². The minimum Gasteiger partial charge on any atom is -0.343 e. The number of amides is 1. The molecular formula is C33H32N4O. The predicted octanol–water partition coefficient (Wildman–Crippen LogP) is 6.60. The van der Waals surface area contributed by atoms with E-state index in [2.05, 4.69) is 107 Å². The van der Waals surface area contributed by atoms with Crippen LogP contribution in [-0.2, 0) is 16.8 Å². The van der Waals surface area contributed by atoms with Crippen LogP contribution in [0.4, 0.5) is 5.69 Å². The van der Waals surface area contributed by atoms with Crippen molar-refractivity contribution in [1.29, 1.82) is 0 Å². The fraction of sp³-hybridized carbons (Fsp3) is 0.273. The van der Waals surface area contributed by atoms with Crippen LogP contribution in [0.2, 0.25) is 0 Å². The molecule has 190 valence electrons. The van der Waals surface area contributed by atoms with Crippen LogP contribution in [0.1, 0.15) is 37.8 Å². The monoisotopic (exact) mass is 500 g/mol. The van der Waals surface area contributed by atoms with Crippen molar-refractivity contribution in [1.82, 2.24) is 14.5 Å². The molecule has 1 N–H and O–H groups in total. The van der Waals surface area contributed by atoms with E-state index in [9.17, 15) is 4.79 Å². The summed E-state index contributed by atoms with van der Waals surface area (Å²) in [6, 6.07) is 26.5. The molecule has 5 nitrogen and oxygen atoms in total. The van der Waals surface area contributed by atoms with Crippen molar-refractivity contribution in [3.05, 3.63) is 96.3 Å². The summed E-state index contributed by atoms with van der Waals surface area (Å²) in [4.78, 5) is 20.2. The molecule has 1 saturated heterocycles. The Kier molecular flexibility index (Phi) is 5.38. The van der Waals surface area contributed by atoms with Crippen molar-refractivity contribution >= 4 is 33.4 Å². The first kappa shape index (κ1) is 23.2. The second-order valence-electron chi connectivity index (χ2n) is 11.2. The van der Waals surface area contributed by atoms with E-state index in [1.54, 1.807) is 0 Å². The Morgan fingerprint density at radius 1 is 0.921 bits per heavy atom. The van der Waals surface area contributed by atoms with Crippen molar-refractivity contribution < 1.29 is 4.79 Å². The molecule has 0 bridgehead atoms. The quantitative estimate of drug-likeness (QED) is 0.303. The standard InChI is InChI=1S/C33H32N4O/c1-22(2)36-16-12-33(13-17-36)28-19-25(8-10-30(28)35-32(33)38)26-7-6-24-11-15-37(31(24)20-26)21-23-5-9-29-27(18-23)4-3-14-34-29/h3-11,14-15,18-20,22H,12-13,16-17,21H2,1-2H3,(H,35,38). The molecule has 0 unspecified atom stereocenters. The van der Waals surface area contributed by atoms with E-state index >= 15 is 0 Å². The highest BCUT2D eigenvalue weighted by Crippen LogP contribution is 2.46. The average Bonchev–Trinajstić information content (AvgIpc) is 3.46. The summed E-state index contributed by atoms with van der Waals surface area (Å²) in [5.41, 5.74) is 7.57. The number of carbonyl (C=O) groups excluding carboxylic acids is 1. The number of carbonyl (C=O) groups is 1. The zero-order chi connectivity index (χ0) is 25.9. The van der Waals surface area contributed by atoms with E-state index in [0.29, 0.717) is 6.04 Å². The van der Waals surface area contributed by atoms with Crippen molar-refractivity contribution in [3.8, 4) is 11.1 Å². The third-order valence-electron chi connectivity index (χ3n) is 8.73. The average molecular weight is 501 g/mol. The second-order valence-corrected chi connectivity index (χ2v) is 11.2. The van der Waals surface area contributed by atoms with Crippen LogP contribution in [0.5, 0.6) is 0 Å². The van der Waals surface area contributed by atoms with Gasteiger partial charge in [-0.05, 0) is 110 Å². The largest absolute Gasteiger partial charge is 0.343 e. The summed E-state index contributed by atoms with van der Waals surface area (Å²) < 4.78 is 2.32. The summed E-state index contributed by atoms with van der Waals surface area (Å²) in [6.45, 7) is 7.19. The topological polar surface area (TPSA) is 50.2 Å². The Hall–Kier alpha value is -3.96. The maximum Gasteiger partial charge on any atom is 0.235 e. The van der Waals surface area contributed by atoms with E-state index in [1.807, 2.05) is 12.3 Å². The minimum atomic E-state index is -0.411. The maximum absolute atomic E-state index is 13.2. The SMILES string of the molecule is CC(C)N1CCC2(CC1)C(=O)Nc1ccc(-c3ccc4ccn(Cc5ccc6ncccc6c5)c4c3)cc12. The Labute approximate surface area is 223 Å². The summed E-state index contributed by atoms with van der Waals surface area (Å²) >= 11 is 0. The molecule has 0 radical (unpaired) electrons. The number of nitrogens with zero attached hydrogens (tertiary/aromatic N) is 3. The Morgan fingerprint density at radius 3 is 2.58 bits per heavy atom. The number of benzene rings is 3. The normalized spacial score (nSPS) is 17.0. The van der Waals surface area contributed by atoms with Gasteiger partial charge in [0.05, 0.1) is 10.9 Å². The van der Waals surface area contributed by atoms with Gasteiger partial charge in [-0.1, -0.05) is 30.3 Å². The van der Waals surface area contributed by atoms with Crippen LogP contribution in [0.3, 0.4) is 0 Å². The number of rotatable bonds is 4. The van der Waals surface area contributed by atoms with Crippen LogP contribution in [0.25, 0.3) is 32.9 Å². The number of anilines is 1. The molecule has 5 heteroatoms. The lowest BCUT2D eigenvalue weighted by Gasteiger charge is -2.39. The molecule has 7 rings (SSSR count). The molecule has 0 aliphatic carbocycles. The van der Waals surface area contributed by atoms with Gasteiger partial charge >= 0.3 is 0 Å². The molecule has 1 fully saturated rings. The molecule has 2 aliphatic heterocycles. The van der Waals surface area contributed by atoms with Gasteiger partial charge in [-0.3, -0.25) is 9.78 Å². The molecule has 3 aromatic carbocycles. The van der Waals surface area contributed by atoms with Gasteiger partial charge in [-0.15, -0.1) is 0 Å². The molecule has 1 spiro atoms. The first-order valence-electron chi connectivity index (χ1n) is 13.6. The molecule has 2 aromatic heterocycles. The zero-order valence-electron chi connectivity index (χ0n) is 21.9. The molecular weight excluding hydrogens is 468 g/mol. The van der Waals surface area contributed by atoms with Crippen LogP contribution in [0, 0.1) is 0 Å². The number of fused-ring (bicyclic) bond motifs is 4. The van der Waals surface area contributed by atoms with Crippen LogP contribution in [0.15, 0.2) is 85.2 Å². The lowest BCUT2D eigenvalue weighted by molar-refractivity contribution is -0.122. The number of hydrogen-bond donors (Lipinski definition) is 1. The summed E-state index contributed by atoms with van der Waals surface area (Å²) in [5.74, 6) is 0.169. The van der Waals surface area contributed by atoms with Gasteiger partial charge in [-0.25, -0.2) is 0 Å². The maximum atomic E-state index is 13.2. The first-order valence-corrected chi connectivity index (χ1v) is 13.6.